The lowest BCUT2D eigenvalue weighted by Crippen LogP contribution is -2.31. The van der Waals surface area contributed by atoms with Crippen molar-refractivity contribution in [2.24, 2.45) is 0 Å². The number of imide groups is 1. The topological polar surface area (TPSA) is 83.5 Å². The first-order valence-electron chi connectivity index (χ1n) is 7.47. The molecule has 3 rings (SSSR count). The summed E-state index contributed by atoms with van der Waals surface area (Å²) >= 11 is 0.870. The fourth-order valence-corrected chi connectivity index (χ4v) is 3.22. The van der Waals surface area contributed by atoms with E-state index < -0.39 is 0 Å². The Morgan fingerprint density at radius 3 is 2.84 bits per heavy atom. The van der Waals surface area contributed by atoms with Crippen LogP contribution in [0.3, 0.4) is 0 Å². The second-order valence-corrected chi connectivity index (χ2v) is 6.18. The third kappa shape index (κ3) is 3.50. The van der Waals surface area contributed by atoms with Gasteiger partial charge in [-0.3, -0.25) is 14.5 Å². The highest BCUT2D eigenvalue weighted by molar-refractivity contribution is 8.18. The van der Waals surface area contributed by atoms with Crippen LogP contribution in [-0.4, -0.2) is 36.3 Å². The zero-order chi connectivity index (χ0) is 17.8. The number of nitriles is 1. The Morgan fingerprint density at radius 2 is 2.08 bits per heavy atom. The van der Waals surface area contributed by atoms with Crippen LogP contribution in [0.1, 0.15) is 11.3 Å². The van der Waals surface area contributed by atoms with E-state index in [9.17, 15) is 14.9 Å². The summed E-state index contributed by atoms with van der Waals surface area (Å²) in [4.78, 5) is 25.6. The number of hydrogen-bond donors (Lipinski definition) is 0. The fraction of sp³-hybridized carbons (Fsp3) is 0.167. The molecular formula is C18H14N2O4S. The Labute approximate surface area is 148 Å². The summed E-state index contributed by atoms with van der Waals surface area (Å²) in [5.74, 6) is 0.615. The lowest BCUT2D eigenvalue weighted by atomic mass is 10.1. The van der Waals surface area contributed by atoms with Crippen molar-refractivity contribution in [3.8, 4) is 17.4 Å². The number of benzene rings is 1. The Morgan fingerprint density at radius 1 is 1.28 bits per heavy atom. The number of nitrogens with zero attached hydrogens (tertiary/aromatic N) is 2. The van der Waals surface area contributed by atoms with Crippen molar-refractivity contribution in [1.82, 2.24) is 4.90 Å². The van der Waals surface area contributed by atoms with Gasteiger partial charge in [0.05, 0.1) is 29.7 Å². The normalized spacial score (nSPS) is 15.8. The zero-order valence-corrected chi connectivity index (χ0v) is 14.2. The Kier molecular flexibility index (Phi) is 5.03. The molecule has 0 atom stereocenters. The van der Waals surface area contributed by atoms with Gasteiger partial charge in [0.25, 0.3) is 11.1 Å². The molecule has 0 radical (unpaired) electrons. The standard InChI is InChI=1S/C18H14N2O4S/c1-23-9-8-20-17(21)16(25-18(20)22)10-13-6-7-15(24-13)14-5-3-2-4-12(14)11-19/h2-7,10H,8-9H2,1H3/b16-10+. The lowest BCUT2D eigenvalue weighted by Gasteiger charge is -2.10. The number of carbonyl (C=O) groups is 2. The molecule has 2 heterocycles. The van der Waals surface area contributed by atoms with E-state index in [4.69, 9.17) is 9.15 Å². The first-order chi connectivity index (χ1) is 12.1. The molecule has 0 spiro atoms. The summed E-state index contributed by atoms with van der Waals surface area (Å²) in [6.45, 7) is 0.513. The largest absolute Gasteiger partial charge is 0.457 e. The number of methoxy groups -OCH3 is 1. The monoisotopic (exact) mass is 354 g/mol. The Balaban J connectivity index is 1.84. The van der Waals surface area contributed by atoms with Crippen LogP contribution in [0.4, 0.5) is 4.79 Å². The number of amides is 2. The highest BCUT2D eigenvalue weighted by Crippen LogP contribution is 2.33. The van der Waals surface area contributed by atoms with Crippen LogP contribution in [0.5, 0.6) is 0 Å². The second-order valence-electron chi connectivity index (χ2n) is 5.19. The number of ether oxygens (including phenoxy) is 1. The molecule has 1 aromatic heterocycles. The van der Waals surface area contributed by atoms with E-state index in [1.54, 1.807) is 30.3 Å². The summed E-state index contributed by atoms with van der Waals surface area (Å²) < 4.78 is 10.6. The van der Waals surface area contributed by atoms with E-state index in [1.807, 2.05) is 6.07 Å². The molecule has 2 amide bonds. The average Bonchev–Trinajstić information content (AvgIpc) is 3.19. The highest BCUT2D eigenvalue weighted by Gasteiger charge is 2.34. The molecule has 0 aliphatic carbocycles. The van der Waals surface area contributed by atoms with Crippen molar-refractivity contribution in [2.45, 2.75) is 0 Å². The SMILES string of the molecule is COCCN1C(=O)S/C(=C/c2ccc(-c3ccccc3C#N)o2)C1=O. The van der Waals surface area contributed by atoms with Gasteiger partial charge in [-0.1, -0.05) is 12.1 Å². The predicted molar refractivity (Wildman–Crippen MR) is 93.4 cm³/mol. The molecule has 25 heavy (non-hydrogen) atoms. The summed E-state index contributed by atoms with van der Waals surface area (Å²) in [5, 5.41) is 8.85. The van der Waals surface area contributed by atoms with Gasteiger partial charge in [-0.25, -0.2) is 0 Å². The third-order valence-corrected chi connectivity index (χ3v) is 4.51. The van der Waals surface area contributed by atoms with Crippen LogP contribution < -0.4 is 0 Å². The van der Waals surface area contributed by atoms with Crippen LogP contribution >= 0.6 is 11.8 Å². The molecule has 1 fully saturated rings. The molecule has 1 aliphatic heterocycles. The van der Waals surface area contributed by atoms with Crippen LogP contribution in [0.15, 0.2) is 45.7 Å². The van der Waals surface area contributed by atoms with Gasteiger partial charge in [-0.05, 0) is 36.0 Å². The maximum absolute atomic E-state index is 12.3. The van der Waals surface area contributed by atoms with Gasteiger partial charge >= 0.3 is 0 Å². The maximum Gasteiger partial charge on any atom is 0.293 e. The summed E-state index contributed by atoms with van der Waals surface area (Å²) in [6, 6.07) is 12.6. The van der Waals surface area contributed by atoms with Gasteiger partial charge in [0.15, 0.2) is 0 Å². The van der Waals surface area contributed by atoms with Gasteiger partial charge in [-0.15, -0.1) is 0 Å². The Bertz CT molecular complexity index is 894. The van der Waals surface area contributed by atoms with Gasteiger partial charge in [0, 0.05) is 18.7 Å². The second kappa shape index (κ2) is 7.38. The van der Waals surface area contributed by atoms with E-state index in [0.29, 0.717) is 34.2 Å². The van der Waals surface area contributed by atoms with Crippen molar-refractivity contribution in [3.63, 3.8) is 0 Å². The van der Waals surface area contributed by atoms with E-state index in [1.165, 1.54) is 13.2 Å². The van der Waals surface area contributed by atoms with Crippen molar-refractivity contribution in [1.29, 1.82) is 5.26 Å². The average molecular weight is 354 g/mol. The molecule has 1 saturated heterocycles. The molecule has 126 valence electrons. The molecule has 2 aromatic rings. The van der Waals surface area contributed by atoms with Gasteiger partial charge in [0.2, 0.25) is 0 Å². The molecule has 7 heteroatoms. The molecule has 0 N–H and O–H groups in total. The smallest absolute Gasteiger partial charge is 0.293 e. The maximum atomic E-state index is 12.3. The van der Waals surface area contributed by atoms with E-state index in [0.717, 1.165) is 16.7 Å². The lowest BCUT2D eigenvalue weighted by molar-refractivity contribution is -0.123. The molecule has 1 aliphatic rings. The molecule has 0 bridgehead atoms. The first-order valence-corrected chi connectivity index (χ1v) is 8.29. The quantitative estimate of drug-likeness (QED) is 0.764. The van der Waals surface area contributed by atoms with E-state index in [-0.39, 0.29) is 17.7 Å². The number of hydrogen-bond acceptors (Lipinski definition) is 6. The first kappa shape index (κ1) is 17.0. The van der Waals surface area contributed by atoms with Crippen LogP contribution in [0.25, 0.3) is 17.4 Å². The summed E-state index contributed by atoms with van der Waals surface area (Å²) in [6.07, 6.45) is 1.54. The van der Waals surface area contributed by atoms with Crippen molar-refractivity contribution in [3.05, 3.63) is 52.6 Å². The molecule has 0 unspecified atom stereocenters. The van der Waals surface area contributed by atoms with Crippen molar-refractivity contribution >= 4 is 29.0 Å². The number of rotatable bonds is 5. The molecule has 1 aromatic carbocycles. The minimum Gasteiger partial charge on any atom is -0.457 e. The highest BCUT2D eigenvalue weighted by atomic mass is 32.2. The number of thioether (sulfide) groups is 1. The molecule has 0 saturated carbocycles. The van der Waals surface area contributed by atoms with Gasteiger partial charge in [0.1, 0.15) is 11.5 Å². The number of furan rings is 1. The van der Waals surface area contributed by atoms with Crippen molar-refractivity contribution in [2.75, 3.05) is 20.3 Å². The Hall–Kier alpha value is -2.82. The van der Waals surface area contributed by atoms with E-state index >= 15 is 0 Å². The zero-order valence-electron chi connectivity index (χ0n) is 13.4. The fourth-order valence-electron chi connectivity index (χ4n) is 2.38. The minimum absolute atomic E-state index is 0.220. The van der Waals surface area contributed by atoms with Crippen LogP contribution in [0, 0.1) is 11.3 Å². The molecular weight excluding hydrogens is 340 g/mol. The van der Waals surface area contributed by atoms with Gasteiger partial charge < -0.3 is 9.15 Å². The van der Waals surface area contributed by atoms with Crippen LogP contribution in [-0.2, 0) is 9.53 Å². The van der Waals surface area contributed by atoms with E-state index in [2.05, 4.69) is 6.07 Å². The number of carbonyl (C=O) groups excluding carboxylic acids is 2. The summed E-state index contributed by atoms with van der Waals surface area (Å²) in [5.41, 5.74) is 1.18. The predicted octanol–water partition coefficient (Wildman–Crippen LogP) is 3.50. The minimum atomic E-state index is -0.359. The third-order valence-electron chi connectivity index (χ3n) is 3.61. The van der Waals surface area contributed by atoms with Crippen LogP contribution in [0.2, 0.25) is 0 Å². The molecule has 6 nitrogen and oxygen atoms in total. The van der Waals surface area contributed by atoms with Crippen molar-refractivity contribution < 1.29 is 18.7 Å². The van der Waals surface area contributed by atoms with Gasteiger partial charge in [-0.2, -0.15) is 5.26 Å². The summed E-state index contributed by atoms with van der Waals surface area (Å²) in [7, 11) is 1.51.